The van der Waals surface area contributed by atoms with Crippen LogP contribution >= 0.6 is 0 Å². The zero-order valence-corrected chi connectivity index (χ0v) is 13.3. The number of hydrogen-bond acceptors (Lipinski definition) is 1. The van der Waals surface area contributed by atoms with E-state index in [9.17, 15) is 4.39 Å². The number of hydrogen-bond donors (Lipinski definition) is 0. The van der Waals surface area contributed by atoms with E-state index in [1.165, 1.54) is 36.5 Å². The van der Waals surface area contributed by atoms with Gasteiger partial charge in [0.1, 0.15) is 5.82 Å². The molecule has 0 N–H and O–H groups in total. The van der Waals surface area contributed by atoms with Crippen LogP contribution in [0.4, 0.5) is 4.39 Å². The molecule has 1 aliphatic rings. The fraction of sp³-hybridized carbons (Fsp3) is 0.400. The fourth-order valence-corrected chi connectivity index (χ4v) is 3.52. The summed E-state index contributed by atoms with van der Waals surface area (Å²) in [6, 6.07) is 15.8. The fourth-order valence-electron chi connectivity index (χ4n) is 3.52. The second-order valence-corrected chi connectivity index (χ2v) is 6.43. The maximum absolute atomic E-state index is 13.2. The van der Waals surface area contributed by atoms with Gasteiger partial charge in [-0.25, -0.2) is 4.39 Å². The Balaban J connectivity index is 1.57. The van der Waals surface area contributed by atoms with Crippen LogP contribution in [0.2, 0.25) is 0 Å². The predicted molar refractivity (Wildman–Crippen MR) is 89.7 cm³/mol. The van der Waals surface area contributed by atoms with Crippen LogP contribution in [0.25, 0.3) is 0 Å². The topological polar surface area (TPSA) is 3.24 Å². The van der Waals surface area contributed by atoms with Crippen molar-refractivity contribution in [1.29, 1.82) is 0 Å². The number of likely N-dealkylation sites (N-methyl/N-ethyl adjacent to an activating group) is 1. The molecule has 2 heteroatoms. The highest BCUT2D eigenvalue weighted by molar-refractivity contribution is 5.32. The van der Waals surface area contributed by atoms with E-state index in [0.29, 0.717) is 5.92 Å². The maximum atomic E-state index is 13.2. The average Bonchev–Trinajstić information content (AvgIpc) is 2.53. The van der Waals surface area contributed by atoms with Gasteiger partial charge in [-0.1, -0.05) is 36.4 Å². The molecule has 3 rings (SSSR count). The molecular formula is C20H24FN. The van der Waals surface area contributed by atoms with E-state index in [2.05, 4.69) is 36.2 Å². The highest BCUT2D eigenvalue weighted by Crippen LogP contribution is 2.31. The van der Waals surface area contributed by atoms with Gasteiger partial charge in [0, 0.05) is 13.1 Å². The lowest BCUT2D eigenvalue weighted by Gasteiger charge is -2.29. The first-order chi connectivity index (χ1) is 10.7. The van der Waals surface area contributed by atoms with Crippen molar-refractivity contribution in [2.45, 2.75) is 31.6 Å². The summed E-state index contributed by atoms with van der Waals surface area (Å²) in [5, 5.41) is 0. The van der Waals surface area contributed by atoms with Crippen molar-refractivity contribution in [2.24, 2.45) is 0 Å². The third-order valence-electron chi connectivity index (χ3n) is 4.70. The van der Waals surface area contributed by atoms with Crippen molar-refractivity contribution in [3.8, 4) is 0 Å². The molecule has 1 unspecified atom stereocenters. The molecule has 2 aromatic rings. The monoisotopic (exact) mass is 297 g/mol. The molecule has 0 amide bonds. The zero-order chi connectivity index (χ0) is 15.4. The van der Waals surface area contributed by atoms with Crippen LogP contribution < -0.4 is 0 Å². The number of fused-ring (bicyclic) bond motifs is 1. The number of rotatable bonds is 5. The zero-order valence-electron chi connectivity index (χ0n) is 13.3. The molecule has 0 saturated heterocycles. The summed E-state index contributed by atoms with van der Waals surface area (Å²) in [7, 11) is 2.18. The third kappa shape index (κ3) is 3.75. The molecule has 0 aromatic heterocycles. The van der Waals surface area contributed by atoms with Crippen molar-refractivity contribution < 1.29 is 4.39 Å². The van der Waals surface area contributed by atoms with Crippen LogP contribution in [0.1, 0.15) is 35.4 Å². The molecule has 0 saturated carbocycles. The Morgan fingerprint density at radius 1 is 1.14 bits per heavy atom. The van der Waals surface area contributed by atoms with Gasteiger partial charge in [-0.05, 0) is 67.5 Å². The van der Waals surface area contributed by atoms with E-state index in [1.54, 1.807) is 12.1 Å². The number of benzene rings is 2. The van der Waals surface area contributed by atoms with E-state index in [0.717, 1.165) is 25.1 Å². The largest absolute Gasteiger partial charge is 0.305 e. The molecule has 1 atom stereocenters. The second kappa shape index (κ2) is 7.06. The van der Waals surface area contributed by atoms with Gasteiger partial charge in [-0.2, -0.15) is 0 Å². The van der Waals surface area contributed by atoms with Crippen molar-refractivity contribution >= 4 is 0 Å². The van der Waals surface area contributed by atoms with Crippen LogP contribution in [0.5, 0.6) is 0 Å². The van der Waals surface area contributed by atoms with Gasteiger partial charge in [0.25, 0.3) is 0 Å². The van der Waals surface area contributed by atoms with Crippen molar-refractivity contribution in [3.05, 3.63) is 71.0 Å². The van der Waals surface area contributed by atoms with Crippen LogP contribution in [0.15, 0.2) is 48.5 Å². The van der Waals surface area contributed by atoms with E-state index < -0.39 is 0 Å². The molecule has 1 aliphatic carbocycles. The molecule has 22 heavy (non-hydrogen) atoms. The van der Waals surface area contributed by atoms with E-state index in [-0.39, 0.29) is 5.82 Å². The normalized spacial score (nSPS) is 17.5. The molecule has 0 heterocycles. The van der Waals surface area contributed by atoms with Gasteiger partial charge >= 0.3 is 0 Å². The highest BCUT2D eigenvalue weighted by Gasteiger charge is 2.20. The Kier molecular flexibility index (Phi) is 4.89. The molecule has 1 nitrogen and oxygen atoms in total. The first-order valence-corrected chi connectivity index (χ1v) is 8.23. The van der Waals surface area contributed by atoms with Crippen LogP contribution in [-0.2, 0) is 12.8 Å². The van der Waals surface area contributed by atoms with Crippen LogP contribution in [0, 0.1) is 5.82 Å². The molecule has 0 radical (unpaired) electrons. The standard InChI is InChI=1S/C20H24FN/c1-22(13-12-16-6-4-10-19(21)14-16)15-18-9-5-8-17-7-2-3-11-20(17)18/h2-4,6-7,10-11,14,18H,5,8-9,12-13,15H2,1H3. The SMILES string of the molecule is CN(CCc1cccc(F)c1)CC1CCCc2ccccc21. The maximum Gasteiger partial charge on any atom is 0.123 e. The Morgan fingerprint density at radius 2 is 2.00 bits per heavy atom. The van der Waals surface area contributed by atoms with Gasteiger partial charge in [-0.3, -0.25) is 0 Å². The second-order valence-electron chi connectivity index (χ2n) is 6.43. The molecule has 116 valence electrons. The molecule has 0 aliphatic heterocycles. The first kappa shape index (κ1) is 15.2. The van der Waals surface area contributed by atoms with Gasteiger partial charge in [0.2, 0.25) is 0 Å². The summed E-state index contributed by atoms with van der Waals surface area (Å²) in [5.41, 5.74) is 4.14. The third-order valence-corrected chi connectivity index (χ3v) is 4.70. The summed E-state index contributed by atoms with van der Waals surface area (Å²) in [5.74, 6) is 0.504. The Labute approximate surface area is 132 Å². The van der Waals surface area contributed by atoms with Crippen molar-refractivity contribution in [3.63, 3.8) is 0 Å². The minimum absolute atomic E-state index is 0.138. The van der Waals surface area contributed by atoms with Gasteiger partial charge in [-0.15, -0.1) is 0 Å². The minimum atomic E-state index is -0.138. The number of halogens is 1. The molecule has 0 spiro atoms. The lowest BCUT2D eigenvalue weighted by Crippen LogP contribution is -2.28. The summed E-state index contributed by atoms with van der Waals surface area (Å²) in [6.45, 7) is 2.06. The molecular weight excluding hydrogens is 273 g/mol. The van der Waals surface area contributed by atoms with Gasteiger partial charge < -0.3 is 4.90 Å². The summed E-state index contributed by atoms with van der Waals surface area (Å²) in [6.07, 6.45) is 4.70. The minimum Gasteiger partial charge on any atom is -0.305 e. The lowest BCUT2D eigenvalue weighted by molar-refractivity contribution is 0.301. The van der Waals surface area contributed by atoms with E-state index >= 15 is 0 Å². The highest BCUT2D eigenvalue weighted by atomic mass is 19.1. The molecule has 0 fully saturated rings. The van der Waals surface area contributed by atoms with E-state index in [4.69, 9.17) is 0 Å². The Hall–Kier alpha value is -1.67. The Morgan fingerprint density at radius 3 is 2.86 bits per heavy atom. The smallest absolute Gasteiger partial charge is 0.123 e. The predicted octanol–water partition coefficient (Wildman–Crippen LogP) is 4.42. The van der Waals surface area contributed by atoms with Crippen molar-refractivity contribution in [1.82, 2.24) is 4.90 Å². The van der Waals surface area contributed by atoms with Crippen LogP contribution in [0.3, 0.4) is 0 Å². The summed E-state index contributed by atoms with van der Waals surface area (Å²) < 4.78 is 13.2. The summed E-state index contributed by atoms with van der Waals surface area (Å²) in [4.78, 5) is 2.39. The van der Waals surface area contributed by atoms with E-state index in [1.807, 2.05) is 6.07 Å². The summed E-state index contributed by atoms with van der Waals surface area (Å²) >= 11 is 0. The molecule has 2 aromatic carbocycles. The van der Waals surface area contributed by atoms with Crippen LogP contribution in [-0.4, -0.2) is 25.0 Å². The average molecular weight is 297 g/mol. The quantitative estimate of drug-likeness (QED) is 0.789. The lowest BCUT2D eigenvalue weighted by atomic mass is 9.82. The van der Waals surface area contributed by atoms with Gasteiger partial charge in [0.15, 0.2) is 0 Å². The molecule has 0 bridgehead atoms. The number of nitrogens with zero attached hydrogens (tertiary/aromatic N) is 1. The van der Waals surface area contributed by atoms with Gasteiger partial charge in [0.05, 0.1) is 0 Å². The number of aryl methyl sites for hydroxylation is 1. The first-order valence-electron chi connectivity index (χ1n) is 8.23. The van der Waals surface area contributed by atoms with Crippen molar-refractivity contribution in [2.75, 3.05) is 20.1 Å². The Bertz CT molecular complexity index is 623.